The lowest BCUT2D eigenvalue weighted by atomic mass is 9.25. The summed E-state index contributed by atoms with van der Waals surface area (Å²) in [5.74, 6) is 4.74. The Kier molecular flexibility index (Phi) is 7.98. The lowest BCUT2D eigenvalue weighted by Gasteiger charge is -2.39. The largest absolute Gasteiger partial charge is 0.175 e. The van der Waals surface area contributed by atoms with Crippen molar-refractivity contribution in [1.82, 2.24) is 0 Å². The van der Waals surface area contributed by atoms with Crippen LogP contribution in [0, 0.1) is 11.8 Å². The summed E-state index contributed by atoms with van der Waals surface area (Å²) in [4.78, 5) is 0. The highest BCUT2D eigenvalue weighted by Gasteiger charge is 2.38. The van der Waals surface area contributed by atoms with Crippen molar-refractivity contribution in [3.05, 3.63) is 12.1 Å². The summed E-state index contributed by atoms with van der Waals surface area (Å²) in [6.07, 6.45) is 6.28. The minimum absolute atomic E-state index is 0.381. The van der Waals surface area contributed by atoms with E-state index in [1.165, 1.54) is 19.3 Å². The summed E-state index contributed by atoms with van der Waals surface area (Å²) in [6.45, 7) is 19.7. The molecule has 0 saturated heterocycles. The van der Waals surface area contributed by atoms with Gasteiger partial charge >= 0.3 is 0 Å². The molecule has 18 heavy (non-hydrogen) atoms. The lowest BCUT2D eigenvalue weighted by molar-refractivity contribution is 0.452. The average Bonchev–Trinajstić information content (AvgIpc) is 2.27. The fourth-order valence-corrected chi connectivity index (χ4v) is 2.47. The molecule has 0 aromatic heterocycles. The molecule has 1 unspecified atom stereocenters. The third-order valence-corrected chi connectivity index (χ3v) is 5.03. The van der Waals surface area contributed by atoms with Crippen molar-refractivity contribution >= 4 is 6.71 Å². The van der Waals surface area contributed by atoms with E-state index in [1.807, 2.05) is 0 Å². The summed E-state index contributed by atoms with van der Waals surface area (Å²) < 4.78 is 0. The smallest absolute Gasteiger partial charge is 0.118 e. The highest BCUT2D eigenvalue weighted by Crippen LogP contribution is 2.44. The third kappa shape index (κ3) is 5.20. The Morgan fingerprint density at radius 3 is 2.00 bits per heavy atom. The van der Waals surface area contributed by atoms with E-state index in [4.69, 9.17) is 0 Å². The average molecular weight is 250 g/mol. The van der Waals surface area contributed by atoms with E-state index >= 15 is 0 Å². The van der Waals surface area contributed by atoms with Gasteiger partial charge in [-0.1, -0.05) is 86.0 Å². The molecule has 0 N–H and O–H groups in total. The van der Waals surface area contributed by atoms with E-state index in [1.54, 1.807) is 0 Å². The maximum Gasteiger partial charge on any atom is 0.175 e. The molecule has 0 rings (SSSR count). The molecule has 1 atom stereocenters. The molecule has 0 amide bonds. The Balaban J connectivity index is 4.89. The maximum absolute atomic E-state index is 2.51. The van der Waals surface area contributed by atoms with Gasteiger partial charge in [-0.05, 0) is 17.7 Å². The fraction of sp³-hybridized carbons (Fsp3) is 0.882. The van der Waals surface area contributed by atoms with Crippen LogP contribution in [0.25, 0.3) is 0 Å². The van der Waals surface area contributed by atoms with E-state index in [0.29, 0.717) is 12.0 Å². The van der Waals surface area contributed by atoms with E-state index in [2.05, 4.69) is 67.4 Å². The Hall–Kier alpha value is -0.195. The molecule has 0 aromatic rings. The van der Waals surface area contributed by atoms with Gasteiger partial charge in [0.25, 0.3) is 0 Å². The molecule has 0 fully saturated rings. The Morgan fingerprint density at radius 1 is 1.06 bits per heavy atom. The highest BCUT2D eigenvalue weighted by atomic mass is 14.2. The van der Waals surface area contributed by atoms with Crippen molar-refractivity contribution in [2.75, 3.05) is 0 Å². The standard InChI is InChI=1S/C17H35B/c1-9-10-11-12-13-18(16(6)14(2)3)17(7,8)15(4)5/h12-16H,9-11H2,1-8H3/b13-12-. The van der Waals surface area contributed by atoms with Gasteiger partial charge in [-0.3, -0.25) is 0 Å². The van der Waals surface area contributed by atoms with Crippen molar-refractivity contribution in [3.8, 4) is 0 Å². The third-order valence-electron chi connectivity index (χ3n) is 5.03. The van der Waals surface area contributed by atoms with Crippen LogP contribution in [-0.2, 0) is 0 Å². The Labute approximate surface area is 117 Å². The molecule has 0 aliphatic rings. The lowest BCUT2D eigenvalue weighted by Crippen LogP contribution is -2.36. The van der Waals surface area contributed by atoms with Gasteiger partial charge in [-0.2, -0.15) is 0 Å². The number of rotatable bonds is 8. The van der Waals surface area contributed by atoms with Crippen LogP contribution in [0.4, 0.5) is 0 Å². The number of hydrogen-bond acceptors (Lipinski definition) is 0. The first-order valence-corrected chi connectivity index (χ1v) is 7.91. The van der Waals surface area contributed by atoms with Gasteiger partial charge in [0.15, 0.2) is 6.71 Å². The molecule has 106 valence electrons. The predicted molar refractivity (Wildman–Crippen MR) is 87.6 cm³/mol. The predicted octanol–water partition coefficient (Wildman–Crippen LogP) is 6.25. The van der Waals surface area contributed by atoms with E-state index < -0.39 is 0 Å². The molecule has 0 saturated carbocycles. The molecular weight excluding hydrogens is 215 g/mol. The maximum atomic E-state index is 2.51. The normalized spacial score (nSPS) is 14.8. The van der Waals surface area contributed by atoms with Crippen LogP contribution in [0.1, 0.15) is 74.7 Å². The van der Waals surface area contributed by atoms with E-state index in [9.17, 15) is 0 Å². The molecule has 0 radical (unpaired) electrons. The van der Waals surface area contributed by atoms with Crippen molar-refractivity contribution in [2.45, 2.75) is 85.8 Å². The minimum atomic E-state index is 0.381. The summed E-state index contributed by atoms with van der Waals surface area (Å²) in [5, 5.41) is 0.381. The fourth-order valence-electron chi connectivity index (χ4n) is 2.47. The first kappa shape index (κ1) is 17.8. The first-order chi connectivity index (χ1) is 8.25. The van der Waals surface area contributed by atoms with Crippen LogP contribution < -0.4 is 0 Å². The second-order valence-electron chi connectivity index (χ2n) is 7.18. The van der Waals surface area contributed by atoms with Crippen LogP contribution in [0.15, 0.2) is 12.1 Å². The van der Waals surface area contributed by atoms with E-state index in [0.717, 1.165) is 17.7 Å². The topological polar surface area (TPSA) is 0 Å². The van der Waals surface area contributed by atoms with Gasteiger partial charge in [-0.25, -0.2) is 0 Å². The van der Waals surface area contributed by atoms with Crippen LogP contribution in [0.5, 0.6) is 0 Å². The van der Waals surface area contributed by atoms with Crippen molar-refractivity contribution in [2.24, 2.45) is 11.8 Å². The van der Waals surface area contributed by atoms with Crippen molar-refractivity contribution < 1.29 is 0 Å². The highest BCUT2D eigenvalue weighted by molar-refractivity contribution is 6.68. The zero-order chi connectivity index (χ0) is 14.3. The van der Waals surface area contributed by atoms with Crippen LogP contribution in [-0.4, -0.2) is 6.71 Å². The monoisotopic (exact) mass is 250 g/mol. The van der Waals surface area contributed by atoms with Gasteiger partial charge < -0.3 is 0 Å². The van der Waals surface area contributed by atoms with E-state index in [-0.39, 0.29) is 0 Å². The molecule has 1 heteroatoms. The van der Waals surface area contributed by atoms with Crippen LogP contribution in [0.3, 0.4) is 0 Å². The van der Waals surface area contributed by atoms with Gasteiger partial charge in [0, 0.05) is 0 Å². The summed E-state index contributed by atoms with van der Waals surface area (Å²) in [7, 11) is 0. The van der Waals surface area contributed by atoms with Crippen molar-refractivity contribution in [3.63, 3.8) is 0 Å². The summed E-state index contributed by atoms with van der Waals surface area (Å²) in [5.41, 5.74) is 0. The summed E-state index contributed by atoms with van der Waals surface area (Å²) in [6, 6.07) is 0. The quantitative estimate of drug-likeness (QED) is 0.353. The van der Waals surface area contributed by atoms with Gasteiger partial charge in [0.1, 0.15) is 0 Å². The molecule has 0 aliphatic carbocycles. The van der Waals surface area contributed by atoms with Crippen LogP contribution >= 0.6 is 0 Å². The Bertz CT molecular complexity index is 238. The second kappa shape index (κ2) is 8.07. The zero-order valence-corrected chi connectivity index (χ0v) is 14.1. The number of unbranched alkanes of at least 4 members (excludes halogenated alkanes) is 2. The van der Waals surface area contributed by atoms with Gasteiger partial charge in [-0.15, -0.1) is 5.98 Å². The zero-order valence-electron chi connectivity index (χ0n) is 14.1. The molecule has 0 bridgehead atoms. The molecular formula is C17H35B. The van der Waals surface area contributed by atoms with Gasteiger partial charge in [0.05, 0.1) is 0 Å². The second-order valence-corrected chi connectivity index (χ2v) is 7.18. The molecule has 0 heterocycles. The van der Waals surface area contributed by atoms with Crippen LogP contribution in [0.2, 0.25) is 11.1 Å². The number of allylic oxidation sites excluding steroid dienone is 1. The van der Waals surface area contributed by atoms with Gasteiger partial charge in [0.2, 0.25) is 0 Å². The molecule has 0 spiro atoms. The Morgan fingerprint density at radius 2 is 1.61 bits per heavy atom. The molecule has 0 aromatic carbocycles. The summed E-state index contributed by atoms with van der Waals surface area (Å²) >= 11 is 0. The SMILES string of the molecule is CCCC/C=C\B(C(C)C(C)C)C(C)(C)C(C)C. The number of hydrogen-bond donors (Lipinski definition) is 0. The molecule has 0 aliphatic heterocycles. The minimum Gasteiger partial charge on any atom is -0.118 e. The molecule has 0 nitrogen and oxygen atoms in total. The first-order valence-electron chi connectivity index (χ1n) is 7.91. The van der Waals surface area contributed by atoms with Crippen molar-refractivity contribution in [1.29, 1.82) is 0 Å².